The number of halogens is 4. The van der Waals surface area contributed by atoms with Crippen molar-refractivity contribution in [3.63, 3.8) is 0 Å². The topological polar surface area (TPSA) is 201 Å². The van der Waals surface area contributed by atoms with Crippen LogP contribution in [0, 0.1) is 146 Å². The molecule has 0 spiro atoms. The van der Waals surface area contributed by atoms with Gasteiger partial charge in [-0.15, -0.1) is 140 Å². The fourth-order valence-corrected chi connectivity index (χ4v) is 15.1. The molecular weight excluding hydrogens is 2570 g/mol. The number of benzene rings is 12. The number of carbonyl (C=O) groups excluding carboxylic acids is 4. The van der Waals surface area contributed by atoms with Crippen LogP contribution in [0.2, 0.25) is 0 Å². The Hall–Kier alpha value is -11.5. The first-order valence-electron chi connectivity index (χ1n) is 48.4. The summed E-state index contributed by atoms with van der Waals surface area (Å²) in [6.07, 6.45) is 12.0. The van der Waals surface area contributed by atoms with Gasteiger partial charge >= 0.3 is 0 Å². The summed E-state index contributed by atoms with van der Waals surface area (Å²) in [7, 11) is 0. The predicted molar refractivity (Wildman–Crippen MR) is 590 cm³/mol. The van der Waals surface area contributed by atoms with E-state index in [9.17, 15) is 57.2 Å². The van der Waals surface area contributed by atoms with Gasteiger partial charge in [0.15, 0.2) is 23.1 Å². The normalized spacial score (nSPS) is 12.1. The monoisotopic (exact) mass is 2710 g/mol. The first-order valence-corrected chi connectivity index (χ1v) is 48.4. The summed E-state index contributed by atoms with van der Waals surface area (Å²) in [5, 5.41) is 52.0. The molecule has 4 heterocycles. The van der Waals surface area contributed by atoms with E-state index in [0.717, 1.165) is 143 Å². The third-order valence-corrected chi connectivity index (χ3v) is 23.7. The fraction of sp³-hybridized carbons (Fsp3) is 0.312. The van der Waals surface area contributed by atoms with Crippen LogP contribution >= 0.6 is 0 Å². The molecule has 0 aliphatic heterocycles. The van der Waals surface area contributed by atoms with Gasteiger partial charge in [0.05, 0.1) is 6.20 Å². The van der Waals surface area contributed by atoms with Gasteiger partial charge < -0.3 is 40.4 Å². The Balaban J connectivity index is 0.000000301. The van der Waals surface area contributed by atoms with E-state index in [1.165, 1.54) is 42.1 Å². The van der Waals surface area contributed by atoms with Crippen molar-refractivity contribution in [2.24, 2.45) is 43.3 Å². The molecule has 4 aromatic heterocycles. The Bertz CT molecular complexity index is 7260. The molecule has 4 N–H and O–H groups in total. The zero-order chi connectivity index (χ0) is 107. The molecular formula is C128H140F4Ir4N4O8-4. The molecule has 16 rings (SSSR count). The van der Waals surface area contributed by atoms with Gasteiger partial charge in [-0.25, -0.2) is 17.6 Å². The van der Waals surface area contributed by atoms with E-state index in [2.05, 4.69) is 81.5 Å². The quantitative estimate of drug-likeness (QED) is 0.0369. The summed E-state index contributed by atoms with van der Waals surface area (Å²) >= 11 is 0. The number of aliphatic hydroxyl groups is 4. The molecule has 0 fully saturated rings. The maximum absolute atomic E-state index is 14.8. The van der Waals surface area contributed by atoms with Gasteiger partial charge in [0.1, 0.15) is 46.3 Å². The third kappa shape index (κ3) is 34.3. The molecule has 12 aromatic carbocycles. The van der Waals surface area contributed by atoms with Crippen molar-refractivity contribution >= 4 is 109 Å². The summed E-state index contributed by atoms with van der Waals surface area (Å²) < 4.78 is 57.9. The van der Waals surface area contributed by atoms with Crippen molar-refractivity contribution in [3.05, 3.63) is 358 Å². The van der Waals surface area contributed by atoms with Crippen molar-refractivity contribution in [3.8, 4) is 45.0 Å². The molecule has 0 saturated heterocycles. The van der Waals surface area contributed by atoms with E-state index < -0.39 is 21.7 Å². The van der Waals surface area contributed by atoms with E-state index in [0.29, 0.717) is 27.2 Å². The number of fused-ring (bicyclic) bond motifs is 12. The number of aromatic nitrogens is 4. The van der Waals surface area contributed by atoms with Crippen LogP contribution in [0.3, 0.4) is 0 Å². The number of pyridine rings is 4. The van der Waals surface area contributed by atoms with E-state index in [-0.39, 0.29) is 172 Å². The van der Waals surface area contributed by atoms with E-state index in [4.69, 9.17) is 0 Å². The van der Waals surface area contributed by atoms with Gasteiger partial charge in [-0.3, -0.25) is 19.2 Å². The van der Waals surface area contributed by atoms with Crippen LogP contribution in [0.15, 0.2) is 266 Å². The van der Waals surface area contributed by atoms with Crippen molar-refractivity contribution in [1.82, 2.24) is 19.9 Å². The van der Waals surface area contributed by atoms with Gasteiger partial charge in [-0.1, -0.05) is 331 Å². The van der Waals surface area contributed by atoms with Gasteiger partial charge in [0, 0.05) is 188 Å². The van der Waals surface area contributed by atoms with E-state index in [1.807, 2.05) is 354 Å². The van der Waals surface area contributed by atoms with E-state index >= 15 is 0 Å². The summed E-state index contributed by atoms with van der Waals surface area (Å²) in [4.78, 5) is 63.8. The maximum Gasteiger partial charge on any atom is 0.164 e. The van der Waals surface area contributed by atoms with Gasteiger partial charge in [-0.2, -0.15) is 0 Å². The van der Waals surface area contributed by atoms with Crippen LogP contribution in [0.1, 0.15) is 211 Å². The summed E-state index contributed by atoms with van der Waals surface area (Å²) in [6.45, 7) is 60.7. The minimum absolute atomic E-state index is 0. The Labute approximate surface area is 927 Å². The van der Waals surface area contributed by atoms with Crippen LogP contribution in [0.5, 0.6) is 0 Å². The molecule has 16 aromatic rings. The minimum atomic E-state index is -0.417. The smallest absolute Gasteiger partial charge is 0.164 e. The van der Waals surface area contributed by atoms with Crippen LogP contribution < -0.4 is 0 Å². The molecule has 0 atom stereocenters. The number of aliphatic hydroxyl groups excluding tert-OH is 4. The molecule has 0 saturated carbocycles. The molecule has 20 heteroatoms. The molecule has 4 radical (unpaired) electrons. The zero-order valence-electron chi connectivity index (χ0n) is 91.1. The molecule has 788 valence electrons. The molecule has 0 aliphatic carbocycles. The van der Waals surface area contributed by atoms with Crippen molar-refractivity contribution in [2.45, 2.75) is 222 Å². The molecule has 148 heavy (non-hydrogen) atoms. The number of carbonyl (C=O) groups is 4. The largest absolute Gasteiger partial charge is 0.512 e. The average molecular weight is 2710 g/mol. The van der Waals surface area contributed by atoms with Crippen LogP contribution in [-0.4, -0.2) is 63.5 Å². The first-order chi connectivity index (χ1) is 66.7. The van der Waals surface area contributed by atoms with Gasteiger partial charge in [0.25, 0.3) is 0 Å². The number of hydrogen-bond acceptors (Lipinski definition) is 12. The SMILES string of the molecule is CC(C)(C)C(=O)C=C(O)C(C)(C)C.CC(C)(C)C(=O)C=C(O)C(C)(C)C.CC(C)(C)C(=O)C=C(O)C(C)(C)C.CC(C)(C)C(=O)C=C(O)C(C)(C)C.Cc1[c-]c(-c2ncc(F)c3c2ccc2ccccc23)cc(C)c1.Cc1[c-]c(-c2nccc3c2c(F)cc2ccccc23)cc(C)c1.Cc1[c-]c(-c2nccc3c2cc(F)c2ccccc23)cc(C)c1.Cc1[c-]c(-c2nccc3c2ccc2c(F)cccc23)cc(C)c1.[Ir].[Ir].[Ir].[Ir]. The molecule has 12 nitrogen and oxygen atoms in total. The Morgan fingerprint density at radius 1 is 0.243 bits per heavy atom. The minimum Gasteiger partial charge on any atom is -0.512 e. The van der Waals surface area contributed by atoms with Crippen LogP contribution in [0.25, 0.3) is 131 Å². The second kappa shape index (κ2) is 52.3. The summed E-state index contributed by atoms with van der Waals surface area (Å²) in [5.41, 5.74) is 12.5. The standard InChI is InChI=1S/4C21H15FN.4C11H20O2.4Ir/c1-13-10-14(2)12-15(11-13)21-19-7-6-18-16(4-3-5-20(18)22)17(19)8-9-23-21;1-13-9-14(2)11-15(10-13)21-19-12-20(22)18-6-4-3-5-16(18)17(19)7-8-23-21;1-13-9-14(2)11-16(10-13)21-20-18(7-8-23-21)17-6-4-3-5-15(17)12-19(20)22;1-13-9-14(2)11-16(10-13)21-18-8-7-15-5-3-4-6-17(15)20(18)19(22)12-23-21;4*1-10(2,3)8(12)7-9(13)11(4,5)6;;;;/h3-11H,1-2H3;3*3-10,12H,1-2H3;4*7,12H,1-6H3;;;;/q4*-1;;;;;;;;. The van der Waals surface area contributed by atoms with E-state index in [1.54, 1.807) is 36.8 Å². The number of aryl methyl sites for hydroxylation is 8. The average Bonchev–Trinajstić information content (AvgIpc) is 0.759. The number of allylic oxidation sites excluding steroid dienone is 8. The Morgan fingerprint density at radius 2 is 0.534 bits per heavy atom. The first kappa shape index (κ1) is 127. The summed E-state index contributed by atoms with van der Waals surface area (Å²) in [5.74, 6) is -0.522. The summed E-state index contributed by atoms with van der Waals surface area (Å²) in [6, 6.07) is 75.0. The van der Waals surface area contributed by atoms with Gasteiger partial charge in [0.2, 0.25) is 0 Å². The van der Waals surface area contributed by atoms with Crippen molar-refractivity contribution in [2.75, 3.05) is 0 Å². The Morgan fingerprint density at radius 3 is 0.912 bits per heavy atom. The number of nitrogens with zero attached hydrogens (tertiary/aromatic N) is 4. The molecule has 0 amide bonds. The van der Waals surface area contributed by atoms with Gasteiger partial charge in [-0.05, 0) is 124 Å². The van der Waals surface area contributed by atoms with Crippen LogP contribution in [-0.2, 0) is 99.6 Å². The third-order valence-electron chi connectivity index (χ3n) is 23.7. The predicted octanol–water partition coefficient (Wildman–Crippen LogP) is 34.8. The zero-order valence-corrected chi connectivity index (χ0v) is 101. The number of ketones is 4. The molecule has 0 aliphatic rings. The number of rotatable bonds is 8. The second-order valence-corrected chi connectivity index (χ2v) is 45.2. The second-order valence-electron chi connectivity index (χ2n) is 45.2. The number of hydrogen-bond donors (Lipinski definition) is 4. The maximum atomic E-state index is 14.8. The Kier molecular flexibility index (Phi) is 44.8. The molecule has 0 bridgehead atoms. The van der Waals surface area contributed by atoms with Crippen molar-refractivity contribution in [1.29, 1.82) is 0 Å². The molecule has 0 unspecified atom stereocenters. The van der Waals surface area contributed by atoms with Crippen LogP contribution in [0.4, 0.5) is 17.6 Å². The fourth-order valence-electron chi connectivity index (χ4n) is 15.1. The van der Waals surface area contributed by atoms with Crippen molar-refractivity contribution < 1.29 is 138 Å².